The van der Waals surface area contributed by atoms with E-state index < -0.39 is 0 Å². The highest BCUT2D eigenvalue weighted by atomic mass is 16.5. The maximum atomic E-state index is 5.35. The lowest BCUT2D eigenvalue weighted by atomic mass is 9.91. The average Bonchev–Trinajstić information content (AvgIpc) is 2.70. The van der Waals surface area contributed by atoms with Gasteiger partial charge in [0.05, 0.1) is 27.2 Å². The Morgan fingerprint density at radius 2 is 2.19 bits per heavy atom. The van der Waals surface area contributed by atoms with Crippen molar-refractivity contribution in [2.24, 2.45) is 0 Å². The molecule has 2 unspecified atom stereocenters. The van der Waals surface area contributed by atoms with Gasteiger partial charge in [-0.25, -0.2) is 0 Å². The second-order valence-electron chi connectivity index (χ2n) is 5.40. The molecule has 2 aliphatic rings. The first-order valence-electron chi connectivity index (χ1n) is 6.24. The van der Waals surface area contributed by atoms with Gasteiger partial charge in [-0.3, -0.25) is 0 Å². The molecule has 0 amide bonds. The van der Waals surface area contributed by atoms with E-state index in [9.17, 15) is 0 Å². The number of methoxy groups -OCH3 is 1. The lowest BCUT2D eigenvalue weighted by Gasteiger charge is -2.41. The lowest BCUT2D eigenvalue weighted by molar-refractivity contribution is -0.928. The van der Waals surface area contributed by atoms with Crippen molar-refractivity contribution in [1.29, 1.82) is 0 Å². The molecule has 3 rings (SSSR count). The lowest BCUT2D eigenvalue weighted by Crippen LogP contribution is -2.47. The Morgan fingerprint density at radius 3 is 3.00 bits per heavy atom. The first-order chi connectivity index (χ1) is 7.73. The molecule has 2 nitrogen and oxygen atoms in total. The van der Waals surface area contributed by atoms with E-state index in [2.05, 4.69) is 25.2 Å². The van der Waals surface area contributed by atoms with Crippen molar-refractivity contribution in [2.75, 3.05) is 27.2 Å². The number of fused-ring (bicyclic) bond motifs is 3. The van der Waals surface area contributed by atoms with Crippen LogP contribution in [-0.4, -0.2) is 31.7 Å². The molecule has 2 heteroatoms. The molecule has 2 atom stereocenters. The van der Waals surface area contributed by atoms with Gasteiger partial charge >= 0.3 is 0 Å². The number of benzene rings is 1. The van der Waals surface area contributed by atoms with Crippen LogP contribution in [0.1, 0.15) is 30.0 Å². The van der Waals surface area contributed by atoms with Crippen molar-refractivity contribution in [1.82, 2.24) is 0 Å². The molecule has 2 aliphatic heterocycles. The predicted molar refractivity (Wildman–Crippen MR) is 64.6 cm³/mol. The summed E-state index contributed by atoms with van der Waals surface area (Å²) < 4.78 is 6.60. The minimum atomic E-state index is 0.721. The van der Waals surface area contributed by atoms with Crippen LogP contribution in [0.25, 0.3) is 0 Å². The molecule has 0 radical (unpaired) electrons. The fourth-order valence-electron chi connectivity index (χ4n) is 3.49. The van der Waals surface area contributed by atoms with Crippen LogP contribution in [0.3, 0.4) is 0 Å². The first kappa shape index (κ1) is 10.2. The molecule has 0 saturated carbocycles. The molecule has 0 N–H and O–H groups in total. The predicted octanol–water partition coefficient (Wildman–Crippen LogP) is 2.53. The fourth-order valence-corrected chi connectivity index (χ4v) is 3.49. The van der Waals surface area contributed by atoms with Gasteiger partial charge in [-0.2, -0.15) is 0 Å². The zero-order chi connectivity index (χ0) is 11.2. The topological polar surface area (TPSA) is 9.23 Å². The summed E-state index contributed by atoms with van der Waals surface area (Å²) >= 11 is 0. The summed E-state index contributed by atoms with van der Waals surface area (Å²) in [5, 5.41) is 0. The largest absolute Gasteiger partial charge is 0.497 e. The van der Waals surface area contributed by atoms with Crippen LogP contribution in [0.2, 0.25) is 0 Å². The number of quaternary nitrogens is 1. The van der Waals surface area contributed by atoms with Gasteiger partial charge in [0.15, 0.2) is 0 Å². The third kappa shape index (κ3) is 1.36. The van der Waals surface area contributed by atoms with E-state index in [4.69, 9.17) is 4.74 Å². The quantitative estimate of drug-likeness (QED) is 0.658. The maximum Gasteiger partial charge on any atom is 0.119 e. The van der Waals surface area contributed by atoms with Gasteiger partial charge in [0.1, 0.15) is 11.8 Å². The Morgan fingerprint density at radius 1 is 1.31 bits per heavy atom. The van der Waals surface area contributed by atoms with Crippen LogP contribution in [0.15, 0.2) is 18.2 Å². The van der Waals surface area contributed by atoms with Gasteiger partial charge in [-0.05, 0) is 17.7 Å². The number of likely N-dealkylation sites (N-methyl/N-ethyl adjacent to an activating group) is 1. The Balaban J connectivity index is 2.07. The number of nitrogens with zero attached hydrogens (tertiary/aromatic N) is 1. The van der Waals surface area contributed by atoms with Crippen LogP contribution >= 0.6 is 0 Å². The molecule has 1 saturated heterocycles. The van der Waals surface area contributed by atoms with E-state index in [0.29, 0.717) is 0 Å². The molecule has 1 aromatic carbocycles. The molecule has 16 heavy (non-hydrogen) atoms. The SMILES string of the molecule is COc1ccc2c(c1)C1CCC[N+]1(C)CC2. The summed E-state index contributed by atoms with van der Waals surface area (Å²) in [6.45, 7) is 2.66. The monoisotopic (exact) mass is 218 g/mol. The number of rotatable bonds is 1. The third-order valence-electron chi connectivity index (χ3n) is 4.50. The first-order valence-corrected chi connectivity index (χ1v) is 6.24. The summed E-state index contributed by atoms with van der Waals surface area (Å²) in [4.78, 5) is 0. The Hall–Kier alpha value is -1.02. The zero-order valence-electron chi connectivity index (χ0n) is 10.2. The summed E-state index contributed by atoms with van der Waals surface area (Å²) in [6.07, 6.45) is 3.95. The van der Waals surface area contributed by atoms with Gasteiger partial charge in [0.25, 0.3) is 0 Å². The Kier molecular flexibility index (Phi) is 2.21. The highest BCUT2D eigenvalue weighted by molar-refractivity contribution is 5.38. The number of hydrogen-bond donors (Lipinski definition) is 0. The van der Waals surface area contributed by atoms with E-state index in [-0.39, 0.29) is 0 Å². The van der Waals surface area contributed by atoms with Crippen molar-refractivity contribution in [3.05, 3.63) is 29.3 Å². The van der Waals surface area contributed by atoms with Crippen molar-refractivity contribution in [3.8, 4) is 5.75 Å². The van der Waals surface area contributed by atoms with Crippen LogP contribution in [0.4, 0.5) is 0 Å². The summed E-state index contributed by atoms with van der Waals surface area (Å²) in [5.41, 5.74) is 3.09. The summed E-state index contributed by atoms with van der Waals surface area (Å²) in [5.74, 6) is 1.01. The molecule has 1 fully saturated rings. The van der Waals surface area contributed by atoms with E-state index in [1.807, 2.05) is 0 Å². The molecule has 0 aromatic heterocycles. The van der Waals surface area contributed by atoms with Crippen LogP contribution in [-0.2, 0) is 6.42 Å². The van der Waals surface area contributed by atoms with E-state index in [1.165, 1.54) is 36.8 Å². The molecule has 0 bridgehead atoms. The smallest absolute Gasteiger partial charge is 0.119 e. The number of hydrogen-bond acceptors (Lipinski definition) is 1. The van der Waals surface area contributed by atoms with Crippen LogP contribution in [0.5, 0.6) is 5.75 Å². The van der Waals surface area contributed by atoms with Crippen molar-refractivity contribution >= 4 is 0 Å². The summed E-state index contributed by atoms with van der Waals surface area (Å²) in [6, 6.07) is 7.35. The molecular weight excluding hydrogens is 198 g/mol. The molecule has 0 aliphatic carbocycles. The second-order valence-corrected chi connectivity index (χ2v) is 5.40. The summed E-state index contributed by atoms with van der Waals surface area (Å²) in [7, 11) is 4.17. The highest BCUT2D eigenvalue weighted by Gasteiger charge is 2.42. The third-order valence-corrected chi connectivity index (χ3v) is 4.50. The Labute approximate surface area is 97.4 Å². The van der Waals surface area contributed by atoms with Gasteiger partial charge in [-0.1, -0.05) is 6.07 Å². The van der Waals surface area contributed by atoms with Gasteiger partial charge < -0.3 is 9.22 Å². The van der Waals surface area contributed by atoms with Gasteiger partial charge in [0.2, 0.25) is 0 Å². The van der Waals surface area contributed by atoms with E-state index >= 15 is 0 Å². The normalized spacial score (nSPS) is 32.0. The maximum absolute atomic E-state index is 5.35. The van der Waals surface area contributed by atoms with Crippen LogP contribution < -0.4 is 4.74 Å². The molecular formula is C14H20NO+. The van der Waals surface area contributed by atoms with Crippen molar-refractivity contribution in [3.63, 3.8) is 0 Å². The Bertz CT molecular complexity index is 415. The molecule has 1 aromatic rings. The van der Waals surface area contributed by atoms with Crippen molar-refractivity contribution < 1.29 is 9.22 Å². The second kappa shape index (κ2) is 3.49. The van der Waals surface area contributed by atoms with E-state index in [0.717, 1.165) is 11.8 Å². The molecule has 2 heterocycles. The van der Waals surface area contributed by atoms with Crippen LogP contribution in [0, 0.1) is 0 Å². The highest BCUT2D eigenvalue weighted by Crippen LogP contribution is 2.43. The fraction of sp³-hybridized carbons (Fsp3) is 0.571. The van der Waals surface area contributed by atoms with Crippen molar-refractivity contribution in [2.45, 2.75) is 25.3 Å². The zero-order valence-corrected chi connectivity index (χ0v) is 10.2. The standard InChI is InChI=1S/C14H20NO/c1-15-8-3-4-14(15)13-10-12(16-2)6-5-11(13)7-9-15/h5-6,10,14H,3-4,7-9H2,1-2H3/q+1. The minimum Gasteiger partial charge on any atom is -0.497 e. The van der Waals surface area contributed by atoms with Gasteiger partial charge in [-0.15, -0.1) is 0 Å². The molecule has 0 spiro atoms. The molecule has 86 valence electrons. The van der Waals surface area contributed by atoms with Gasteiger partial charge in [0, 0.05) is 24.8 Å². The average molecular weight is 218 g/mol. The van der Waals surface area contributed by atoms with E-state index in [1.54, 1.807) is 18.2 Å². The minimum absolute atomic E-state index is 0.721. The number of ether oxygens (including phenoxy) is 1.